The van der Waals surface area contributed by atoms with Crippen LogP contribution < -0.4 is 10.5 Å². The minimum Gasteiger partial charge on any atom is -0.491 e. The molecule has 3 N–H and O–H groups in total. The van der Waals surface area contributed by atoms with E-state index in [2.05, 4.69) is 19.9 Å². The van der Waals surface area contributed by atoms with Crippen LogP contribution in [0.3, 0.4) is 0 Å². The van der Waals surface area contributed by atoms with Crippen LogP contribution in [0, 0.1) is 0 Å². The summed E-state index contributed by atoms with van der Waals surface area (Å²) in [5.74, 6) is 1.47. The zero-order valence-electron chi connectivity index (χ0n) is 10.6. The van der Waals surface area contributed by atoms with Gasteiger partial charge < -0.3 is 15.5 Å². The number of benzene rings is 1. The first-order valence-corrected chi connectivity index (χ1v) is 7.07. The Balaban J connectivity index is 1.58. The van der Waals surface area contributed by atoms with E-state index in [1.54, 1.807) is 18.1 Å². The zero-order valence-corrected chi connectivity index (χ0v) is 11.4. The molecule has 0 fully saturated rings. The van der Waals surface area contributed by atoms with Crippen molar-refractivity contribution in [2.75, 3.05) is 18.1 Å². The molecule has 3 aromatic rings. The maximum absolute atomic E-state index is 5.81. The van der Waals surface area contributed by atoms with Gasteiger partial charge in [0.15, 0.2) is 5.65 Å². The number of nitrogens with zero attached hydrogens (tertiary/aromatic N) is 3. The van der Waals surface area contributed by atoms with E-state index < -0.39 is 0 Å². The molecule has 2 heterocycles. The molecule has 0 saturated heterocycles. The third kappa shape index (κ3) is 2.67. The number of hydrogen-bond acceptors (Lipinski definition) is 6. The van der Waals surface area contributed by atoms with Crippen LogP contribution in [-0.2, 0) is 0 Å². The third-order valence-electron chi connectivity index (χ3n) is 2.69. The van der Waals surface area contributed by atoms with E-state index in [0.29, 0.717) is 23.7 Å². The van der Waals surface area contributed by atoms with E-state index in [0.717, 1.165) is 16.3 Å². The molecule has 0 spiro atoms. The number of rotatable bonds is 5. The Bertz CT molecular complexity index is 715. The van der Waals surface area contributed by atoms with Crippen molar-refractivity contribution in [1.29, 1.82) is 0 Å². The highest BCUT2D eigenvalue weighted by Gasteiger charge is 2.06. The summed E-state index contributed by atoms with van der Waals surface area (Å²) in [4.78, 5) is 15.5. The molecule has 0 saturated carbocycles. The molecule has 0 bridgehead atoms. The van der Waals surface area contributed by atoms with E-state index in [9.17, 15) is 0 Å². The van der Waals surface area contributed by atoms with Gasteiger partial charge in [-0.2, -0.15) is 0 Å². The van der Waals surface area contributed by atoms with E-state index in [1.165, 1.54) is 6.33 Å². The number of thioether (sulfide) groups is 1. The highest BCUT2D eigenvalue weighted by Crippen LogP contribution is 2.23. The van der Waals surface area contributed by atoms with Crippen molar-refractivity contribution in [2.24, 2.45) is 0 Å². The van der Waals surface area contributed by atoms with Gasteiger partial charge in [-0.3, -0.25) is 0 Å². The van der Waals surface area contributed by atoms with Gasteiger partial charge in [0.05, 0.1) is 18.6 Å². The Kier molecular flexibility index (Phi) is 3.69. The first kappa shape index (κ1) is 12.7. The van der Waals surface area contributed by atoms with E-state index in [4.69, 9.17) is 10.5 Å². The van der Waals surface area contributed by atoms with Crippen LogP contribution in [0.1, 0.15) is 0 Å². The van der Waals surface area contributed by atoms with Gasteiger partial charge in [0.2, 0.25) is 0 Å². The first-order valence-electron chi connectivity index (χ1n) is 6.09. The monoisotopic (exact) mass is 287 g/mol. The van der Waals surface area contributed by atoms with Crippen LogP contribution in [0.25, 0.3) is 11.2 Å². The van der Waals surface area contributed by atoms with Gasteiger partial charge in [-0.25, -0.2) is 15.0 Å². The van der Waals surface area contributed by atoms with Gasteiger partial charge in [0.1, 0.15) is 22.6 Å². The Morgan fingerprint density at radius 3 is 3.00 bits per heavy atom. The Morgan fingerprint density at radius 1 is 1.20 bits per heavy atom. The molecule has 0 aliphatic carbocycles. The molecule has 7 heteroatoms. The summed E-state index contributed by atoms with van der Waals surface area (Å²) in [5.41, 5.74) is 7.99. The summed E-state index contributed by atoms with van der Waals surface area (Å²) in [6.07, 6.45) is 3.13. The Labute approximate surface area is 119 Å². The summed E-state index contributed by atoms with van der Waals surface area (Å²) in [7, 11) is 0. The number of anilines is 1. The maximum Gasteiger partial charge on any atom is 0.181 e. The number of hydrogen-bond donors (Lipinski definition) is 2. The van der Waals surface area contributed by atoms with E-state index in [1.807, 2.05) is 24.3 Å². The van der Waals surface area contributed by atoms with E-state index >= 15 is 0 Å². The summed E-state index contributed by atoms with van der Waals surface area (Å²) < 4.78 is 5.64. The van der Waals surface area contributed by atoms with Gasteiger partial charge in [-0.1, -0.05) is 12.1 Å². The third-order valence-corrected chi connectivity index (χ3v) is 3.64. The lowest BCUT2D eigenvalue weighted by atomic mass is 10.3. The van der Waals surface area contributed by atoms with Gasteiger partial charge in [0, 0.05) is 5.75 Å². The van der Waals surface area contributed by atoms with Gasteiger partial charge in [-0.05, 0) is 12.1 Å². The molecule has 1 aromatic carbocycles. The molecule has 0 radical (unpaired) electrons. The first-order chi connectivity index (χ1) is 9.84. The quantitative estimate of drug-likeness (QED) is 0.323. The number of H-pyrrole nitrogens is 1. The molecule has 2 aromatic heterocycles. The molecule has 0 aliphatic heterocycles. The smallest absolute Gasteiger partial charge is 0.181 e. The second kappa shape index (κ2) is 5.79. The molecule has 20 heavy (non-hydrogen) atoms. The minimum absolute atomic E-state index is 0.554. The maximum atomic E-state index is 5.81. The van der Waals surface area contributed by atoms with E-state index in [-0.39, 0.29) is 0 Å². The summed E-state index contributed by atoms with van der Waals surface area (Å²) in [5, 5.41) is 0.872. The second-order valence-electron chi connectivity index (χ2n) is 4.01. The van der Waals surface area contributed by atoms with Crippen LogP contribution >= 0.6 is 11.8 Å². The van der Waals surface area contributed by atoms with Crippen molar-refractivity contribution in [3.63, 3.8) is 0 Å². The molecular formula is C13H13N5OS. The van der Waals surface area contributed by atoms with Crippen LogP contribution in [0.5, 0.6) is 5.75 Å². The van der Waals surface area contributed by atoms with Gasteiger partial charge in [0.25, 0.3) is 0 Å². The lowest BCUT2D eigenvalue weighted by molar-refractivity contribution is 0.346. The van der Waals surface area contributed by atoms with Gasteiger partial charge >= 0.3 is 0 Å². The summed E-state index contributed by atoms with van der Waals surface area (Å²) in [6, 6.07) is 7.46. The van der Waals surface area contributed by atoms with Crippen LogP contribution in [0.15, 0.2) is 41.9 Å². The Hall–Kier alpha value is -2.28. The zero-order chi connectivity index (χ0) is 13.8. The average molecular weight is 287 g/mol. The van der Waals surface area contributed by atoms with Crippen LogP contribution in [0.4, 0.5) is 5.69 Å². The number of ether oxygens (including phenoxy) is 1. The largest absolute Gasteiger partial charge is 0.491 e. The number of para-hydroxylation sites is 2. The predicted octanol–water partition coefficient (Wildman–Crippen LogP) is 2.11. The minimum atomic E-state index is 0.554. The second-order valence-corrected chi connectivity index (χ2v) is 5.10. The molecule has 0 unspecified atom stereocenters. The summed E-state index contributed by atoms with van der Waals surface area (Å²) >= 11 is 1.59. The molecule has 0 atom stereocenters. The number of aromatic nitrogens is 4. The number of fused-ring (bicyclic) bond motifs is 1. The van der Waals surface area contributed by atoms with Crippen molar-refractivity contribution < 1.29 is 4.74 Å². The molecule has 0 aliphatic rings. The van der Waals surface area contributed by atoms with Crippen molar-refractivity contribution in [1.82, 2.24) is 19.9 Å². The number of nitrogen functional groups attached to an aromatic ring is 1. The fourth-order valence-electron chi connectivity index (χ4n) is 1.75. The predicted molar refractivity (Wildman–Crippen MR) is 78.8 cm³/mol. The molecule has 102 valence electrons. The lowest BCUT2D eigenvalue weighted by Gasteiger charge is -2.08. The highest BCUT2D eigenvalue weighted by molar-refractivity contribution is 7.99. The fourth-order valence-corrected chi connectivity index (χ4v) is 2.53. The fraction of sp³-hybridized carbons (Fsp3) is 0.154. The molecular weight excluding hydrogens is 274 g/mol. The van der Waals surface area contributed by atoms with Crippen LogP contribution in [-0.4, -0.2) is 32.3 Å². The number of aromatic amines is 1. The normalized spacial score (nSPS) is 10.8. The number of imidazole rings is 1. The highest BCUT2D eigenvalue weighted by atomic mass is 32.2. The van der Waals surface area contributed by atoms with Crippen LogP contribution in [0.2, 0.25) is 0 Å². The standard InChI is InChI=1S/C13H13N5OS/c14-9-3-1-2-4-10(9)19-5-6-20-13-11-12(16-7-15-11)17-8-18-13/h1-4,7-8H,5-6,14H2,(H,15,16,17,18). The van der Waals surface area contributed by atoms with Crippen molar-refractivity contribution in [2.45, 2.75) is 5.03 Å². The Morgan fingerprint density at radius 2 is 2.10 bits per heavy atom. The molecule has 3 rings (SSSR count). The van der Waals surface area contributed by atoms with Gasteiger partial charge in [-0.15, -0.1) is 11.8 Å². The molecule has 6 nitrogen and oxygen atoms in total. The summed E-state index contributed by atoms with van der Waals surface area (Å²) in [6.45, 7) is 0.554. The average Bonchev–Trinajstić information content (AvgIpc) is 2.94. The lowest BCUT2D eigenvalue weighted by Crippen LogP contribution is -2.02. The molecule has 0 amide bonds. The van der Waals surface area contributed by atoms with Crippen molar-refractivity contribution >= 4 is 28.6 Å². The van der Waals surface area contributed by atoms with Crippen molar-refractivity contribution in [3.05, 3.63) is 36.9 Å². The number of nitrogens with two attached hydrogens (primary N) is 1. The van der Waals surface area contributed by atoms with Crippen molar-refractivity contribution in [3.8, 4) is 5.75 Å². The number of nitrogens with one attached hydrogen (secondary N) is 1. The SMILES string of the molecule is Nc1ccccc1OCCSc1ncnc2nc[nH]c12. The topological polar surface area (TPSA) is 89.7 Å².